The maximum Gasteiger partial charge on any atom is 0.342 e. The Balaban J connectivity index is 3.88. The molecule has 0 saturated carbocycles. The molecule has 0 radical (unpaired) electrons. The van der Waals surface area contributed by atoms with Crippen molar-refractivity contribution in [2.45, 2.75) is 66.9 Å². The molecule has 0 fully saturated rings. The van der Waals surface area contributed by atoms with Gasteiger partial charge in [0.25, 0.3) is 0 Å². The first-order valence-corrected chi connectivity index (χ1v) is 5.88. The van der Waals surface area contributed by atoms with Crippen LogP contribution in [0.25, 0.3) is 0 Å². The van der Waals surface area contributed by atoms with Crippen molar-refractivity contribution in [2.24, 2.45) is 11.3 Å². The monoisotopic (exact) mass is 230 g/mol. The van der Waals surface area contributed by atoms with E-state index in [-0.39, 0.29) is 11.4 Å². The van der Waals surface area contributed by atoms with E-state index in [1.54, 1.807) is 0 Å². The fourth-order valence-electron chi connectivity index (χ4n) is 1.61. The predicted molar refractivity (Wildman–Crippen MR) is 64.8 cm³/mol. The third kappa shape index (κ3) is 9.97. The lowest BCUT2D eigenvalue weighted by molar-refractivity contribution is -0.321. The Morgan fingerprint density at radius 3 is 2.00 bits per heavy atom. The summed E-state index contributed by atoms with van der Waals surface area (Å²) >= 11 is 0. The van der Waals surface area contributed by atoms with Crippen LogP contribution in [0.3, 0.4) is 0 Å². The quantitative estimate of drug-likeness (QED) is 0.545. The highest BCUT2D eigenvalue weighted by atomic mass is 17.2. The van der Waals surface area contributed by atoms with E-state index in [4.69, 9.17) is 9.78 Å². The minimum absolute atomic E-state index is 0.241. The number of rotatable bonds is 4. The highest BCUT2D eigenvalue weighted by Gasteiger charge is 2.20. The van der Waals surface area contributed by atoms with Gasteiger partial charge in [-0.1, -0.05) is 27.7 Å². The summed E-state index contributed by atoms with van der Waals surface area (Å²) in [6.07, 6.45) is 1.41. The maximum atomic E-state index is 11.4. The Morgan fingerprint density at radius 1 is 1.12 bits per heavy atom. The fourth-order valence-corrected chi connectivity index (χ4v) is 1.61. The van der Waals surface area contributed by atoms with Gasteiger partial charge >= 0.3 is 5.97 Å². The van der Waals surface area contributed by atoms with Crippen molar-refractivity contribution in [2.75, 3.05) is 0 Å². The average Bonchev–Trinajstić information content (AvgIpc) is 1.95. The smallest absolute Gasteiger partial charge is 0.298 e. The van der Waals surface area contributed by atoms with Crippen molar-refractivity contribution >= 4 is 5.97 Å². The molecule has 16 heavy (non-hydrogen) atoms. The highest BCUT2D eigenvalue weighted by Crippen LogP contribution is 2.26. The second-order valence-electron chi connectivity index (χ2n) is 6.73. The molecular weight excluding hydrogens is 204 g/mol. The van der Waals surface area contributed by atoms with Gasteiger partial charge in [0.15, 0.2) is 0 Å². The van der Waals surface area contributed by atoms with E-state index < -0.39 is 5.60 Å². The minimum Gasteiger partial charge on any atom is -0.298 e. The Bertz CT molecular complexity index is 220. The van der Waals surface area contributed by atoms with Crippen LogP contribution in [0.5, 0.6) is 0 Å². The van der Waals surface area contributed by atoms with Gasteiger partial charge in [0, 0.05) is 0 Å². The van der Waals surface area contributed by atoms with Gasteiger partial charge in [0.05, 0.1) is 6.42 Å². The largest absolute Gasteiger partial charge is 0.342 e. The first kappa shape index (κ1) is 15.4. The molecule has 0 rings (SSSR count). The van der Waals surface area contributed by atoms with Crippen LogP contribution in [0.15, 0.2) is 0 Å². The van der Waals surface area contributed by atoms with Gasteiger partial charge < -0.3 is 0 Å². The zero-order chi connectivity index (χ0) is 13.0. The Labute approximate surface area is 99.4 Å². The summed E-state index contributed by atoms with van der Waals surface area (Å²) < 4.78 is 0. The molecule has 0 aromatic heterocycles. The number of carbonyl (C=O) groups excluding carboxylic acids is 1. The molecule has 0 aromatic rings. The van der Waals surface area contributed by atoms with Crippen LogP contribution < -0.4 is 0 Å². The molecule has 0 spiro atoms. The Kier molecular flexibility index (Phi) is 5.47. The van der Waals surface area contributed by atoms with Crippen LogP contribution in [-0.4, -0.2) is 11.6 Å². The summed E-state index contributed by atoms with van der Waals surface area (Å²) in [7, 11) is 0. The van der Waals surface area contributed by atoms with Crippen molar-refractivity contribution in [3.63, 3.8) is 0 Å². The van der Waals surface area contributed by atoms with E-state index in [0.717, 1.165) is 6.42 Å². The van der Waals surface area contributed by atoms with Gasteiger partial charge in [0.1, 0.15) is 5.60 Å². The zero-order valence-corrected chi connectivity index (χ0v) is 11.7. The van der Waals surface area contributed by atoms with Gasteiger partial charge in [-0.05, 0) is 38.5 Å². The van der Waals surface area contributed by atoms with Gasteiger partial charge in [0.2, 0.25) is 0 Å². The number of hydrogen-bond acceptors (Lipinski definition) is 3. The van der Waals surface area contributed by atoms with Gasteiger partial charge in [-0.25, -0.2) is 4.79 Å². The molecule has 0 aliphatic rings. The summed E-state index contributed by atoms with van der Waals surface area (Å²) in [6.45, 7) is 14.1. The average molecular weight is 230 g/mol. The lowest BCUT2D eigenvalue weighted by atomic mass is 9.84. The summed E-state index contributed by atoms with van der Waals surface area (Å²) in [5, 5.41) is 0. The molecule has 0 amide bonds. The molecule has 3 nitrogen and oxygen atoms in total. The lowest BCUT2D eigenvalue weighted by Crippen LogP contribution is -2.23. The fraction of sp³-hybridized carbons (Fsp3) is 0.923. The second kappa shape index (κ2) is 5.67. The molecule has 0 heterocycles. The normalized spacial score (nSPS) is 14.7. The molecule has 0 aromatic carbocycles. The third-order valence-electron chi connectivity index (χ3n) is 1.86. The van der Waals surface area contributed by atoms with Crippen molar-refractivity contribution in [3.05, 3.63) is 0 Å². The lowest BCUT2D eigenvalue weighted by Gasteiger charge is -2.23. The molecule has 0 unspecified atom stereocenters. The molecule has 3 heteroatoms. The van der Waals surface area contributed by atoms with E-state index >= 15 is 0 Å². The predicted octanol–water partition coefficient (Wildman–Crippen LogP) is 3.72. The first-order chi connectivity index (χ1) is 6.99. The molecule has 96 valence electrons. The summed E-state index contributed by atoms with van der Waals surface area (Å²) in [6, 6.07) is 0. The van der Waals surface area contributed by atoms with Gasteiger partial charge in [-0.2, -0.15) is 4.89 Å². The highest BCUT2D eigenvalue weighted by molar-refractivity contribution is 5.68. The van der Waals surface area contributed by atoms with Crippen LogP contribution in [0, 0.1) is 11.3 Å². The van der Waals surface area contributed by atoms with Crippen LogP contribution in [0.1, 0.15) is 61.3 Å². The molecule has 0 aliphatic carbocycles. The first-order valence-electron chi connectivity index (χ1n) is 5.88. The van der Waals surface area contributed by atoms with Crippen LogP contribution in [0.4, 0.5) is 0 Å². The molecule has 0 saturated heterocycles. The number of carbonyl (C=O) groups is 1. The minimum atomic E-state index is -0.442. The van der Waals surface area contributed by atoms with Crippen LogP contribution >= 0.6 is 0 Å². The zero-order valence-electron chi connectivity index (χ0n) is 11.7. The maximum absolute atomic E-state index is 11.4. The van der Waals surface area contributed by atoms with Crippen LogP contribution in [0.2, 0.25) is 0 Å². The van der Waals surface area contributed by atoms with E-state index in [0.29, 0.717) is 12.3 Å². The second-order valence-corrected chi connectivity index (χ2v) is 6.73. The standard InChI is InChI=1S/C13H26O3/c1-10(9-12(2,3)4)8-11(14)15-16-13(5,6)7/h10H,8-9H2,1-7H3/t10-/m1/s1. The van der Waals surface area contributed by atoms with Crippen molar-refractivity contribution in [1.82, 2.24) is 0 Å². The van der Waals surface area contributed by atoms with E-state index in [9.17, 15) is 4.79 Å². The topological polar surface area (TPSA) is 35.5 Å². The van der Waals surface area contributed by atoms with Gasteiger partial charge in [-0.3, -0.25) is 4.89 Å². The Hall–Kier alpha value is -0.570. The van der Waals surface area contributed by atoms with E-state index in [1.165, 1.54) is 0 Å². The summed E-state index contributed by atoms with van der Waals surface area (Å²) in [4.78, 5) is 21.2. The molecule has 0 bridgehead atoms. The van der Waals surface area contributed by atoms with E-state index in [1.807, 2.05) is 20.8 Å². The number of hydrogen-bond donors (Lipinski definition) is 0. The van der Waals surface area contributed by atoms with E-state index in [2.05, 4.69) is 27.7 Å². The van der Waals surface area contributed by atoms with Crippen molar-refractivity contribution in [1.29, 1.82) is 0 Å². The molecule has 0 N–H and O–H groups in total. The molecule has 1 atom stereocenters. The molecule has 0 aliphatic heterocycles. The summed E-state index contributed by atoms with van der Waals surface area (Å²) in [5.74, 6) is 0.0303. The molecular formula is C13H26O3. The Morgan fingerprint density at radius 2 is 1.62 bits per heavy atom. The van der Waals surface area contributed by atoms with Gasteiger partial charge in [-0.15, -0.1) is 0 Å². The van der Waals surface area contributed by atoms with Crippen molar-refractivity contribution in [3.8, 4) is 0 Å². The van der Waals surface area contributed by atoms with Crippen LogP contribution in [-0.2, 0) is 14.6 Å². The SMILES string of the molecule is C[C@H](CC(=O)OOC(C)(C)C)CC(C)(C)C. The summed E-state index contributed by atoms with van der Waals surface area (Å²) in [5.41, 5.74) is -0.201. The van der Waals surface area contributed by atoms with Crippen molar-refractivity contribution < 1.29 is 14.6 Å². The third-order valence-corrected chi connectivity index (χ3v) is 1.86.